The van der Waals surface area contributed by atoms with Crippen molar-refractivity contribution in [1.82, 2.24) is 14.7 Å². The molecule has 0 unspecified atom stereocenters. The van der Waals surface area contributed by atoms with Gasteiger partial charge in [0.15, 0.2) is 6.10 Å². The summed E-state index contributed by atoms with van der Waals surface area (Å²) in [5, 5.41) is 4.46. The SMILES string of the molecule is Cc1nn(C)c(C)c1CN(C[C@@H]1CC=CCC1)C(=O)[C@H]1CCC(=O)O1. The second-order valence-electron chi connectivity index (χ2n) is 7.16. The van der Waals surface area contributed by atoms with Crippen LogP contribution in [-0.4, -0.2) is 39.2 Å². The number of aryl methyl sites for hydroxylation is 2. The van der Waals surface area contributed by atoms with Crippen LogP contribution in [0.5, 0.6) is 0 Å². The highest BCUT2D eigenvalue weighted by atomic mass is 16.6. The van der Waals surface area contributed by atoms with Crippen molar-refractivity contribution < 1.29 is 14.3 Å². The average Bonchev–Trinajstić information content (AvgIpc) is 3.13. The molecule has 2 atom stereocenters. The average molecular weight is 345 g/mol. The quantitative estimate of drug-likeness (QED) is 0.607. The van der Waals surface area contributed by atoms with Gasteiger partial charge in [-0.15, -0.1) is 0 Å². The first-order valence-corrected chi connectivity index (χ1v) is 9.08. The summed E-state index contributed by atoms with van der Waals surface area (Å²) in [7, 11) is 1.92. The molecular formula is C19H27N3O3. The third-order valence-electron chi connectivity index (χ3n) is 5.34. The van der Waals surface area contributed by atoms with E-state index in [1.54, 1.807) is 0 Å². The van der Waals surface area contributed by atoms with Crippen LogP contribution < -0.4 is 0 Å². The van der Waals surface area contributed by atoms with Gasteiger partial charge in [0.05, 0.1) is 5.69 Å². The molecule has 1 amide bonds. The van der Waals surface area contributed by atoms with Crippen molar-refractivity contribution in [1.29, 1.82) is 0 Å². The molecule has 0 bridgehead atoms. The molecule has 0 radical (unpaired) electrons. The van der Waals surface area contributed by atoms with E-state index in [0.717, 1.165) is 36.2 Å². The van der Waals surface area contributed by atoms with Crippen molar-refractivity contribution >= 4 is 11.9 Å². The van der Waals surface area contributed by atoms with Crippen LogP contribution in [0.2, 0.25) is 0 Å². The minimum atomic E-state index is -0.621. The van der Waals surface area contributed by atoms with Crippen LogP contribution in [0.1, 0.15) is 49.1 Å². The summed E-state index contributed by atoms with van der Waals surface area (Å²) < 4.78 is 7.09. The molecule has 0 spiro atoms. The van der Waals surface area contributed by atoms with Gasteiger partial charge in [0.2, 0.25) is 0 Å². The zero-order valence-corrected chi connectivity index (χ0v) is 15.3. The highest BCUT2D eigenvalue weighted by Crippen LogP contribution is 2.24. The number of carbonyl (C=O) groups is 2. The summed E-state index contributed by atoms with van der Waals surface area (Å²) in [6.07, 6.45) is 7.77. The minimum Gasteiger partial charge on any atom is -0.452 e. The fourth-order valence-electron chi connectivity index (χ4n) is 3.71. The molecule has 6 heteroatoms. The molecule has 2 aliphatic rings. The molecule has 1 aliphatic carbocycles. The fraction of sp³-hybridized carbons (Fsp3) is 0.632. The molecule has 1 fully saturated rings. The number of hydrogen-bond donors (Lipinski definition) is 0. The lowest BCUT2D eigenvalue weighted by molar-refractivity contribution is -0.153. The Hall–Kier alpha value is -2.11. The van der Waals surface area contributed by atoms with Crippen molar-refractivity contribution in [2.24, 2.45) is 13.0 Å². The van der Waals surface area contributed by atoms with E-state index in [-0.39, 0.29) is 11.9 Å². The van der Waals surface area contributed by atoms with E-state index in [1.807, 2.05) is 30.5 Å². The number of hydrogen-bond acceptors (Lipinski definition) is 4. The first kappa shape index (κ1) is 17.7. The molecule has 6 nitrogen and oxygen atoms in total. The normalized spacial score (nSPS) is 22.9. The van der Waals surface area contributed by atoms with Gasteiger partial charge in [-0.2, -0.15) is 5.10 Å². The fourth-order valence-corrected chi connectivity index (χ4v) is 3.71. The monoisotopic (exact) mass is 345 g/mol. The Labute approximate surface area is 148 Å². The second kappa shape index (κ2) is 7.42. The third-order valence-corrected chi connectivity index (χ3v) is 5.34. The predicted molar refractivity (Wildman–Crippen MR) is 93.7 cm³/mol. The maximum absolute atomic E-state index is 13.0. The zero-order valence-electron chi connectivity index (χ0n) is 15.3. The van der Waals surface area contributed by atoms with E-state index in [2.05, 4.69) is 17.3 Å². The van der Waals surface area contributed by atoms with Gasteiger partial charge < -0.3 is 9.64 Å². The lowest BCUT2D eigenvalue weighted by atomic mass is 9.93. The van der Waals surface area contributed by atoms with Crippen LogP contribution in [0.4, 0.5) is 0 Å². The number of nitrogens with zero attached hydrogens (tertiary/aromatic N) is 3. The lowest BCUT2D eigenvalue weighted by Gasteiger charge is -2.30. The van der Waals surface area contributed by atoms with E-state index < -0.39 is 6.10 Å². The van der Waals surface area contributed by atoms with Gasteiger partial charge in [0.1, 0.15) is 0 Å². The summed E-state index contributed by atoms with van der Waals surface area (Å²) in [5.41, 5.74) is 3.11. The largest absolute Gasteiger partial charge is 0.452 e. The van der Waals surface area contributed by atoms with Crippen molar-refractivity contribution in [3.8, 4) is 0 Å². The summed E-state index contributed by atoms with van der Waals surface area (Å²) >= 11 is 0. The Morgan fingerprint density at radius 3 is 2.72 bits per heavy atom. The van der Waals surface area contributed by atoms with Crippen LogP contribution in [0.15, 0.2) is 12.2 Å². The van der Waals surface area contributed by atoms with Gasteiger partial charge >= 0.3 is 5.97 Å². The molecule has 1 aromatic heterocycles. The summed E-state index contributed by atoms with van der Waals surface area (Å²) in [5.74, 6) is 0.124. The number of allylic oxidation sites excluding steroid dienone is 2. The Morgan fingerprint density at radius 1 is 1.36 bits per heavy atom. The number of ether oxygens (including phenoxy) is 1. The van der Waals surface area contributed by atoms with Crippen LogP contribution in [0.3, 0.4) is 0 Å². The molecule has 0 N–H and O–H groups in total. The maximum atomic E-state index is 13.0. The topological polar surface area (TPSA) is 64.4 Å². The van der Waals surface area contributed by atoms with E-state index in [9.17, 15) is 9.59 Å². The summed E-state index contributed by atoms with van der Waals surface area (Å²) in [4.78, 5) is 26.3. The maximum Gasteiger partial charge on any atom is 0.306 e. The molecule has 1 aromatic rings. The number of esters is 1. The van der Waals surface area contributed by atoms with Gasteiger partial charge in [-0.05, 0) is 39.0 Å². The molecule has 1 saturated heterocycles. The molecule has 136 valence electrons. The Morgan fingerprint density at radius 2 is 2.16 bits per heavy atom. The number of amides is 1. The minimum absolute atomic E-state index is 0.0666. The third kappa shape index (κ3) is 3.94. The van der Waals surface area contributed by atoms with E-state index in [0.29, 0.717) is 31.8 Å². The molecule has 1 aliphatic heterocycles. The van der Waals surface area contributed by atoms with Gasteiger partial charge in [0, 0.05) is 44.2 Å². The number of aromatic nitrogens is 2. The highest BCUT2D eigenvalue weighted by molar-refractivity contribution is 5.86. The van der Waals surface area contributed by atoms with Crippen molar-refractivity contribution in [3.05, 3.63) is 29.1 Å². The Balaban J connectivity index is 1.79. The predicted octanol–water partition coefficient (Wildman–Crippen LogP) is 2.43. The standard InChI is InChI=1S/C19H27N3O3/c1-13-16(14(2)21(3)20-13)12-22(11-15-7-5-4-6-8-15)19(24)17-9-10-18(23)25-17/h4-5,15,17H,6-12H2,1-3H3/t15-,17-/m1/s1. The first-order chi connectivity index (χ1) is 12.0. The van der Waals surface area contributed by atoms with Crippen molar-refractivity contribution in [2.45, 2.75) is 58.6 Å². The first-order valence-electron chi connectivity index (χ1n) is 9.08. The molecule has 25 heavy (non-hydrogen) atoms. The van der Waals surface area contributed by atoms with Crippen LogP contribution in [0.25, 0.3) is 0 Å². The van der Waals surface area contributed by atoms with Gasteiger partial charge in [-0.3, -0.25) is 14.3 Å². The van der Waals surface area contributed by atoms with Crippen molar-refractivity contribution in [2.75, 3.05) is 6.54 Å². The Kier molecular flexibility index (Phi) is 5.25. The second-order valence-corrected chi connectivity index (χ2v) is 7.16. The van der Waals surface area contributed by atoms with Crippen LogP contribution in [0, 0.1) is 19.8 Å². The van der Waals surface area contributed by atoms with Crippen LogP contribution in [-0.2, 0) is 27.9 Å². The lowest BCUT2D eigenvalue weighted by Crippen LogP contribution is -2.41. The number of cyclic esters (lactones) is 1. The number of carbonyl (C=O) groups excluding carboxylic acids is 2. The molecule has 2 heterocycles. The van der Waals surface area contributed by atoms with Gasteiger partial charge in [-0.1, -0.05) is 12.2 Å². The van der Waals surface area contributed by atoms with Gasteiger partial charge in [0.25, 0.3) is 5.91 Å². The van der Waals surface area contributed by atoms with E-state index in [1.165, 1.54) is 0 Å². The molecular weight excluding hydrogens is 318 g/mol. The van der Waals surface area contributed by atoms with E-state index in [4.69, 9.17) is 4.74 Å². The van der Waals surface area contributed by atoms with E-state index >= 15 is 0 Å². The number of rotatable bonds is 5. The molecule has 0 aromatic carbocycles. The zero-order chi connectivity index (χ0) is 18.0. The summed E-state index contributed by atoms with van der Waals surface area (Å²) in [6.45, 7) is 5.23. The molecule has 0 saturated carbocycles. The van der Waals surface area contributed by atoms with Gasteiger partial charge in [-0.25, -0.2) is 0 Å². The molecule has 3 rings (SSSR count). The summed E-state index contributed by atoms with van der Waals surface area (Å²) in [6, 6.07) is 0. The highest BCUT2D eigenvalue weighted by Gasteiger charge is 2.34. The Bertz CT molecular complexity index is 692. The smallest absolute Gasteiger partial charge is 0.306 e. The van der Waals surface area contributed by atoms with Crippen LogP contribution >= 0.6 is 0 Å². The van der Waals surface area contributed by atoms with Crippen molar-refractivity contribution in [3.63, 3.8) is 0 Å².